The molecule has 0 heterocycles. The van der Waals surface area contributed by atoms with Gasteiger partial charge in [-0.3, -0.25) is 4.79 Å². The Morgan fingerprint density at radius 3 is 2.35 bits per heavy atom. The zero-order valence-corrected chi connectivity index (χ0v) is 10.7. The fourth-order valence-corrected chi connectivity index (χ4v) is 1.70. The van der Waals surface area contributed by atoms with Crippen molar-refractivity contribution in [1.29, 1.82) is 0 Å². The van der Waals surface area contributed by atoms with Crippen molar-refractivity contribution in [2.75, 3.05) is 32.6 Å². The SMILES string of the molecule is CNC(=O)C(CN)Cc1ccc(N(C)C)cc1. The van der Waals surface area contributed by atoms with Gasteiger partial charge in [-0.1, -0.05) is 12.1 Å². The number of rotatable bonds is 5. The van der Waals surface area contributed by atoms with Crippen LogP contribution in [0.4, 0.5) is 5.69 Å². The maximum atomic E-state index is 11.5. The first kappa shape index (κ1) is 13.5. The number of nitrogens with one attached hydrogen (secondary N) is 1. The Balaban J connectivity index is 2.70. The van der Waals surface area contributed by atoms with Crippen LogP contribution in [0.3, 0.4) is 0 Å². The number of hydrogen-bond acceptors (Lipinski definition) is 3. The molecule has 0 bridgehead atoms. The Morgan fingerprint density at radius 2 is 1.94 bits per heavy atom. The van der Waals surface area contributed by atoms with Crippen LogP contribution in [0.2, 0.25) is 0 Å². The fraction of sp³-hybridized carbons (Fsp3) is 0.462. The number of benzene rings is 1. The standard InChI is InChI=1S/C13H21N3O/c1-15-13(17)11(9-14)8-10-4-6-12(7-5-10)16(2)3/h4-7,11H,8-9,14H2,1-3H3,(H,15,17). The Labute approximate surface area is 103 Å². The van der Waals surface area contributed by atoms with Crippen LogP contribution >= 0.6 is 0 Å². The van der Waals surface area contributed by atoms with E-state index in [1.807, 2.05) is 43.3 Å². The van der Waals surface area contributed by atoms with Crippen molar-refractivity contribution in [3.05, 3.63) is 29.8 Å². The van der Waals surface area contributed by atoms with Gasteiger partial charge in [0, 0.05) is 33.4 Å². The van der Waals surface area contributed by atoms with Crippen molar-refractivity contribution in [3.63, 3.8) is 0 Å². The predicted octanol–water partition coefficient (Wildman–Crippen LogP) is 0.616. The van der Waals surface area contributed by atoms with Crippen molar-refractivity contribution >= 4 is 11.6 Å². The van der Waals surface area contributed by atoms with Crippen molar-refractivity contribution in [2.24, 2.45) is 11.7 Å². The lowest BCUT2D eigenvalue weighted by atomic mass is 9.98. The van der Waals surface area contributed by atoms with Crippen LogP contribution < -0.4 is 16.0 Å². The first-order valence-corrected chi connectivity index (χ1v) is 5.76. The molecule has 0 radical (unpaired) electrons. The molecule has 0 aliphatic rings. The largest absolute Gasteiger partial charge is 0.378 e. The maximum absolute atomic E-state index is 11.5. The molecule has 0 aromatic heterocycles. The van der Waals surface area contributed by atoms with Gasteiger partial charge in [0.15, 0.2) is 0 Å². The first-order valence-electron chi connectivity index (χ1n) is 5.76. The minimum Gasteiger partial charge on any atom is -0.378 e. The van der Waals surface area contributed by atoms with E-state index in [0.29, 0.717) is 13.0 Å². The van der Waals surface area contributed by atoms with E-state index in [9.17, 15) is 4.79 Å². The molecule has 1 atom stereocenters. The molecule has 0 saturated heterocycles. The van der Waals surface area contributed by atoms with Gasteiger partial charge in [-0.2, -0.15) is 0 Å². The van der Waals surface area contributed by atoms with Gasteiger partial charge >= 0.3 is 0 Å². The summed E-state index contributed by atoms with van der Waals surface area (Å²) in [7, 11) is 5.64. The topological polar surface area (TPSA) is 58.4 Å². The molecule has 1 aromatic rings. The van der Waals surface area contributed by atoms with Crippen LogP contribution in [-0.2, 0) is 11.2 Å². The Hall–Kier alpha value is -1.55. The number of amides is 1. The smallest absolute Gasteiger partial charge is 0.224 e. The van der Waals surface area contributed by atoms with Gasteiger partial charge in [-0.25, -0.2) is 0 Å². The molecule has 0 aliphatic heterocycles. The molecule has 1 aromatic carbocycles. The summed E-state index contributed by atoms with van der Waals surface area (Å²) >= 11 is 0. The number of carbonyl (C=O) groups is 1. The van der Waals surface area contributed by atoms with Crippen LogP contribution in [0.25, 0.3) is 0 Å². The van der Waals surface area contributed by atoms with Gasteiger partial charge in [0.1, 0.15) is 0 Å². The summed E-state index contributed by atoms with van der Waals surface area (Å²) in [5.74, 6) is -0.144. The Kier molecular flexibility index (Phi) is 4.97. The molecule has 0 saturated carbocycles. The third kappa shape index (κ3) is 3.75. The molecular weight excluding hydrogens is 214 g/mol. The summed E-state index contributed by atoms with van der Waals surface area (Å²) < 4.78 is 0. The molecule has 1 rings (SSSR count). The monoisotopic (exact) mass is 235 g/mol. The highest BCUT2D eigenvalue weighted by Gasteiger charge is 2.15. The molecule has 1 amide bonds. The molecular formula is C13H21N3O. The zero-order valence-electron chi connectivity index (χ0n) is 10.7. The van der Waals surface area contributed by atoms with Crippen LogP contribution in [0.15, 0.2) is 24.3 Å². The zero-order chi connectivity index (χ0) is 12.8. The quantitative estimate of drug-likeness (QED) is 0.786. The van der Waals surface area contributed by atoms with E-state index in [2.05, 4.69) is 5.32 Å². The van der Waals surface area contributed by atoms with E-state index in [0.717, 1.165) is 11.3 Å². The predicted molar refractivity (Wildman–Crippen MR) is 71.1 cm³/mol. The van der Waals surface area contributed by atoms with E-state index < -0.39 is 0 Å². The highest BCUT2D eigenvalue weighted by atomic mass is 16.1. The molecule has 0 spiro atoms. The second-order valence-corrected chi connectivity index (χ2v) is 4.31. The van der Waals surface area contributed by atoms with Crippen LogP contribution in [-0.4, -0.2) is 33.6 Å². The Morgan fingerprint density at radius 1 is 1.35 bits per heavy atom. The summed E-state index contributed by atoms with van der Waals surface area (Å²) in [5.41, 5.74) is 7.89. The normalized spacial score (nSPS) is 12.0. The number of anilines is 1. The van der Waals surface area contributed by atoms with E-state index in [1.165, 1.54) is 0 Å². The van der Waals surface area contributed by atoms with E-state index in [4.69, 9.17) is 5.73 Å². The molecule has 3 N–H and O–H groups in total. The number of carbonyl (C=O) groups excluding carboxylic acids is 1. The highest BCUT2D eigenvalue weighted by Crippen LogP contribution is 2.15. The van der Waals surface area contributed by atoms with E-state index >= 15 is 0 Å². The van der Waals surface area contributed by atoms with Crippen molar-refractivity contribution < 1.29 is 4.79 Å². The first-order chi connectivity index (χ1) is 8.08. The molecule has 17 heavy (non-hydrogen) atoms. The summed E-state index contributed by atoms with van der Waals surface area (Å²) in [6.45, 7) is 0.370. The van der Waals surface area contributed by atoms with Crippen molar-refractivity contribution in [3.8, 4) is 0 Å². The minimum atomic E-state index is -0.148. The van der Waals surface area contributed by atoms with Gasteiger partial charge in [0.2, 0.25) is 5.91 Å². The van der Waals surface area contributed by atoms with E-state index in [1.54, 1.807) is 7.05 Å². The number of hydrogen-bond donors (Lipinski definition) is 2. The third-order valence-electron chi connectivity index (χ3n) is 2.84. The highest BCUT2D eigenvalue weighted by molar-refractivity contribution is 5.78. The lowest BCUT2D eigenvalue weighted by Crippen LogP contribution is -2.34. The van der Waals surface area contributed by atoms with E-state index in [-0.39, 0.29) is 11.8 Å². The summed E-state index contributed by atoms with van der Waals surface area (Å²) in [6, 6.07) is 8.18. The second-order valence-electron chi connectivity index (χ2n) is 4.31. The Bertz CT molecular complexity index is 359. The van der Waals surface area contributed by atoms with Crippen LogP contribution in [0, 0.1) is 5.92 Å². The van der Waals surface area contributed by atoms with Crippen LogP contribution in [0.5, 0.6) is 0 Å². The molecule has 0 aliphatic carbocycles. The summed E-state index contributed by atoms with van der Waals surface area (Å²) in [6.07, 6.45) is 0.684. The molecule has 0 fully saturated rings. The minimum absolute atomic E-state index is 0.00388. The van der Waals surface area contributed by atoms with Gasteiger partial charge in [0.05, 0.1) is 5.92 Å². The van der Waals surface area contributed by atoms with Gasteiger partial charge in [-0.15, -0.1) is 0 Å². The molecule has 4 nitrogen and oxygen atoms in total. The van der Waals surface area contributed by atoms with Crippen LogP contribution in [0.1, 0.15) is 5.56 Å². The van der Waals surface area contributed by atoms with Gasteiger partial charge in [-0.05, 0) is 24.1 Å². The molecule has 94 valence electrons. The third-order valence-corrected chi connectivity index (χ3v) is 2.84. The lowest BCUT2D eigenvalue weighted by molar-refractivity contribution is -0.124. The average molecular weight is 235 g/mol. The van der Waals surface area contributed by atoms with Crippen molar-refractivity contribution in [2.45, 2.75) is 6.42 Å². The number of nitrogens with zero attached hydrogens (tertiary/aromatic N) is 1. The maximum Gasteiger partial charge on any atom is 0.224 e. The summed E-state index contributed by atoms with van der Waals surface area (Å²) in [5, 5.41) is 2.64. The summed E-state index contributed by atoms with van der Waals surface area (Å²) in [4.78, 5) is 13.6. The molecule has 1 unspecified atom stereocenters. The lowest BCUT2D eigenvalue weighted by Gasteiger charge is -2.15. The van der Waals surface area contributed by atoms with Gasteiger partial charge in [0.25, 0.3) is 0 Å². The second kappa shape index (κ2) is 6.25. The number of nitrogens with two attached hydrogens (primary N) is 1. The molecule has 4 heteroatoms. The van der Waals surface area contributed by atoms with Gasteiger partial charge < -0.3 is 16.0 Å². The van der Waals surface area contributed by atoms with Crippen molar-refractivity contribution in [1.82, 2.24) is 5.32 Å². The fourth-order valence-electron chi connectivity index (χ4n) is 1.70. The average Bonchev–Trinajstić information content (AvgIpc) is 2.35.